The molecule has 2 aliphatic heterocycles. The first-order valence-electron chi connectivity index (χ1n) is 8.67. The predicted octanol–water partition coefficient (Wildman–Crippen LogP) is 2.77. The minimum Gasteiger partial charge on any atom is -0.396 e. The Labute approximate surface area is 138 Å². The lowest BCUT2D eigenvalue weighted by molar-refractivity contribution is 0.209. The van der Waals surface area contributed by atoms with E-state index in [1.807, 2.05) is 12.1 Å². The van der Waals surface area contributed by atoms with Gasteiger partial charge in [0.25, 0.3) is 0 Å². The van der Waals surface area contributed by atoms with Crippen LogP contribution < -0.4 is 10.2 Å². The summed E-state index contributed by atoms with van der Waals surface area (Å²) in [6.07, 6.45) is 3.34. The Bertz CT molecular complexity index is 541. The quantitative estimate of drug-likeness (QED) is 0.901. The maximum Gasteiger partial charge on any atom is 0.321 e. The summed E-state index contributed by atoms with van der Waals surface area (Å²) >= 11 is 0. The van der Waals surface area contributed by atoms with E-state index >= 15 is 0 Å². The average Bonchev–Trinajstić information content (AvgIpc) is 3.05. The molecule has 3 rings (SSSR count). The number of carbonyl (C=O) groups excluding carboxylic acids is 1. The molecule has 126 valence electrons. The van der Waals surface area contributed by atoms with Gasteiger partial charge in [-0.05, 0) is 43.4 Å². The van der Waals surface area contributed by atoms with Gasteiger partial charge in [-0.1, -0.05) is 13.0 Å². The van der Waals surface area contributed by atoms with Crippen LogP contribution in [0.5, 0.6) is 0 Å². The minimum atomic E-state index is -0.0645. The van der Waals surface area contributed by atoms with Gasteiger partial charge in [-0.3, -0.25) is 0 Å². The predicted molar refractivity (Wildman–Crippen MR) is 92.8 cm³/mol. The Balaban J connectivity index is 1.60. The van der Waals surface area contributed by atoms with Crippen molar-refractivity contribution in [3.63, 3.8) is 0 Å². The lowest BCUT2D eigenvalue weighted by Gasteiger charge is -2.32. The van der Waals surface area contributed by atoms with Crippen LogP contribution in [0.15, 0.2) is 24.3 Å². The van der Waals surface area contributed by atoms with Crippen molar-refractivity contribution >= 4 is 17.4 Å². The zero-order valence-electron chi connectivity index (χ0n) is 13.9. The third-order valence-corrected chi connectivity index (χ3v) is 5.08. The first kappa shape index (κ1) is 16.1. The number of hydrogen-bond donors (Lipinski definition) is 2. The molecule has 1 aromatic rings. The number of aliphatic hydroxyl groups is 1. The largest absolute Gasteiger partial charge is 0.396 e. The number of nitrogens with one attached hydrogen (secondary N) is 1. The summed E-state index contributed by atoms with van der Waals surface area (Å²) in [5.41, 5.74) is 2.03. The standard InChI is InChI=1S/C18H27N3O2/c1-14-5-8-20(9-6-14)17-4-2-3-16(11-17)19-18(23)21-10-7-15(12-21)13-22/h2-4,11,14-15,22H,5-10,12-13H2,1H3,(H,19,23). The third kappa shape index (κ3) is 3.96. The molecular weight excluding hydrogens is 290 g/mol. The molecule has 2 N–H and O–H groups in total. The molecule has 0 spiro atoms. The smallest absolute Gasteiger partial charge is 0.321 e. The van der Waals surface area contributed by atoms with Crippen molar-refractivity contribution in [1.82, 2.24) is 4.90 Å². The molecule has 2 amide bonds. The van der Waals surface area contributed by atoms with Gasteiger partial charge in [0.05, 0.1) is 0 Å². The highest BCUT2D eigenvalue weighted by molar-refractivity contribution is 5.90. The fourth-order valence-corrected chi connectivity index (χ4v) is 3.42. The molecule has 5 heteroatoms. The number of amides is 2. The number of urea groups is 1. The van der Waals surface area contributed by atoms with Gasteiger partial charge in [-0.25, -0.2) is 4.79 Å². The maximum absolute atomic E-state index is 12.3. The van der Waals surface area contributed by atoms with Crippen molar-refractivity contribution in [2.24, 2.45) is 11.8 Å². The Morgan fingerprint density at radius 1 is 1.26 bits per heavy atom. The normalized spacial score (nSPS) is 22.4. The summed E-state index contributed by atoms with van der Waals surface area (Å²) in [7, 11) is 0. The lowest BCUT2D eigenvalue weighted by atomic mass is 9.99. The molecule has 2 heterocycles. The van der Waals surface area contributed by atoms with E-state index in [2.05, 4.69) is 29.3 Å². The van der Waals surface area contributed by atoms with Crippen LogP contribution in [0.1, 0.15) is 26.2 Å². The van der Waals surface area contributed by atoms with Crippen LogP contribution in [0.25, 0.3) is 0 Å². The molecular formula is C18H27N3O2. The van der Waals surface area contributed by atoms with Crippen molar-refractivity contribution in [2.75, 3.05) is 43.0 Å². The first-order chi connectivity index (χ1) is 11.2. The van der Waals surface area contributed by atoms with Gasteiger partial charge in [0.1, 0.15) is 0 Å². The number of hydrogen-bond acceptors (Lipinski definition) is 3. The van der Waals surface area contributed by atoms with Gasteiger partial charge >= 0.3 is 6.03 Å². The number of benzene rings is 1. The molecule has 0 saturated carbocycles. The van der Waals surface area contributed by atoms with Crippen LogP contribution in [0.2, 0.25) is 0 Å². The van der Waals surface area contributed by atoms with Gasteiger partial charge in [0.15, 0.2) is 0 Å². The summed E-state index contributed by atoms with van der Waals surface area (Å²) in [6.45, 7) is 6.01. The van der Waals surface area contributed by atoms with Crippen LogP contribution in [-0.4, -0.2) is 48.8 Å². The number of anilines is 2. The number of carbonyl (C=O) groups is 1. The van der Waals surface area contributed by atoms with E-state index in [0.29, 0.717) is 6.54 Å². The molecule has 0 aromatic heterocycles. The van der Waals surface area contributed by atoms with E-state index in [1.54, 1.807) is 4.90 Å². The summed E-state index contributed by atoms with van der Waals surface area (Å²) in [5, 5.41) is 12.2. The monoisotopic (exact) mass is 317 g/mol. The maximum atomic E-state index is 12.3. The SMILES string of the molecule is CC1CCN(c2cccc(NC(=O)N3CCC(CO)C3)c2)CC1. The number of aliphatic hydroxyl groups excluding tert-OH is 1. The molecule has 0 aliphatic carbocycles. The molecule has 0 radical (unpaired) electrons. The van der Waals surface area contributed by atoms with Crippen LogP contribution in [0.3, 0.4) is 0 Å². The van der Waals surface area contributed by atoms with E-state index in [0.717, 1.165) is 37.7 Å². The van der Waals surface area contributed by atoms with Crippen molar-refractivity contribution in [3.05, 3.63) is 24.3 Å². The van der Waals surface area contributed by atoms with Crippen LogP contribution in [-0.2, 0) is 0 Å². The van der Waals surface area contributed by atoms with E-state index in [1.165, 1.54) is 18.5 Å². The molecule has 1 atom stereocenters. The Kier molecular flexibility index (Phi) is 5.06. The summed E-state index contributed by atoms with van der Waals surface area (Å²) in [4.78, 5) is 16.5. The fraction of sp³-hybridized carbons (Fsp3) is 0.611. The van der Waals surface area contributed by atoms with Crippen LogP contribution in [0.4, 0.5) is 16.2 Å². The molecule has 1 aromatic carbocycles. The highest BCUT2D eigenvalue weighted by Crippen LogP contribution is 2.25. The van der Waals surface area contributed by atoms with E-state index in [9.17, 15) is 9.90 Å². The number of rotatable bonds is 3. The molecule has 2 fully saturated rings. The van der Waals surface area contributed by atoms with Gasteiger partial charge in [-0.15, -0.1) is 0 Å². The van der Waals surface area contributed by atoms with Gasteiger partial charge < -0.3 is 20.2 Å². The highest BCUT2D eigenvalue weighted by atomic mass is 16.3. The Morgan fingerprint density at radius 2 is 2.04 bits per heavy atom. The second kappa shape index (κ2) is 7.21. The lowest BCUT2D eigenvalue weighted by Crippen LogP contribution is -2.34. The van der Waals surface area contributed by atoms with Gasteiger partial charge in [0.2, 0.25) is 0 Å². The number of likely N-dealkylation sites (tertiary alicyclic amines) is 1. The molecule has 23 heavy (non-hydrogen) atoms. The summed E-state index contributed by atoms with van der Waals surface area (Å²) in [5.74, 6) is 1.03. The molecule has 1 unspecified atom stereocenters. The molecule has 5 nitrogen and oxygen atoms in total. The number of piperidine rings is 1. The van der Waals surface area contributed by atoms with E-state index in [4.69, 9.17) is 0 Å². The molecule has 2 aliphatic rings. The topological polar surface area (TPSA) is 55.8 Å². The van der Waals surface area contributed by atoms with Crippen molar-refractivity contribution in [1.29, 1.82) is 0 Å². The van der Waals surface area contributed by atoms with E-state index < -0.39 is 0 Å². The van der Waals surface area contributed by atoms with Crippen LogP contribution >= 0.6 is 0 Å². The van der Waals surface area contributed by atoms with Gasteiger partial charge in [-0.2, -0.15) is 0 Å². The van der Waals surface area contributed by atoms with Crippen molar-refractivity contribution in [3.8, 4) is 0 Å². The zero-order chi connectivity index (χ0) is 16.2. The average molecular weight is 317 g/mol. The third-order valence-electron chi connectivity index (χ3n) is 5.08. The Morgan fingerprint density at radius 3 is 2.74 bits per heavy atom. The minimum absolute atomic E-state index is 0.0645. The second-order valence-electron chi connectivity index (χ2n) is 6.93. The van der Waals surface area contributed by atoms with Crippen molar-refractivity contribution in [2.45, 2.75) is 26.2 Å². The first-order valence-corrected chi connectivity index (χ1v) is 8.67. The summed E-state index contributed by atoms with van der Waals surface area (Å²) < 4.78 is 0. The Hall–Kier alpha value is -1.75. The highest BCUT2D eigenvalue weighted by Gasteiger charge is 2.25. The zero-order valence-corrected chi connectivity index (χ0v) is 13.9. The van der Waals surface area contributed by atoms with Crippen molar-refractivity contribution < 1.29 is 9.90 Å². The molecule has 2 saturated heterocycles. The van der Waals surface area contributed by atoms with Crippen LogP contribution in [0, 0.1) is 11.8 Å². The van der Waals surface area contributed by atoms with E-state index in [-0.39, 0.29) is 18.6 Å². The molecule has 0 bridgehead atoms. The summed E-state index contributed by atoms with van der Waals surface area (Å²) in [6, 6.07) is 8.05. The van der Waals surface area contributed by atoms with Gasteiger partial charge in [0, 0.05) is 50.1 Å². The number of nitrogens with zero attached hydrogens (tertiary/aromatic N) is 2. The second-order valence-corrected chi connectivity index (χ2v) is 6.93. The fourth-order valence-electron chi connectivity index (χ4n) is 3.42.